The highest BCUT2D eigenvalue weighted by atomic mass is 15.0. The molecule has 5 heterocycles. The largest absolute Gasteiger partial charge is 0.309 e. The lowest BCUT2D eigenvalue weighted by Gasteiger charge is -2.12. The minimum absolute atomic E-state index is 0.594. The Bertz CT molecular complexity index is 4790. The van der Waals surface area contributed by atoms with Gasteiger partial charge in [-0.1, -0.05) is 152 Å². The summed E-state index contributed by atoms with van der Waals surface area (Å²) in [6.45, 7) is 0. The van der Waals surface area contributed by atoms with E-state index in [1.165, 1.54) is 54.1 Å². The standard InChI is InChI=1S/C69H43N7/c1-4-18-47(19-5-1)73-59-30-16-12-26-55(59)65-61(73)40-41-62-66(65)56-27-13-17-31-60(56)74(62)50-36-32-44(33-37-50)67-70-68(45-34-38-53-51-24-10-14-28-57(51)75(63(53)42-45)48-20-6-2-7-21-48)72-69(71-67)46-35-39-54-52-25-11-15-29-58(52)76(64(54)43-46)49-22-8-3-9-23-49/h1-43H. The monoisotopic (exact) mass is 969 g/mol. The molecule has 76 heavy (non-hydrogen) atoms. The van der Waals surface area contributed by atoms with E-state index in [1.54, 1.807) is 0 Å². The van der Waals surface area contributed by atoms with Crippen molar-refractivity contribution >= 4 is 87.2 Å². The van der Waals surface area contributed by atoms with Crippen LogP contribution in [0.15, 0.2) is 261 Å². The van der Waals surface area contributed by atoms with E-state index in [-0.39, 0.29) is 0 Å². The van der Waals surface area contributed by atoms with E-state index in [0.29, 0.717) is 17.5 Å². The van der Waals surface area contributed by atoms with Crippen molar-refractivity contribution in [3.05, 3.63) is 261 Å². The van der Waals surface area contributed by atoms with Gasteiger partial charge in [0.2, 0.25) is 0 Å². The molecule has 0 spiro atoms. The van der Waals surface area contributed by atoms with Crippen LogP contribution in [0.1, 0.15) is 0 Å². The number of fused-ring (bicyclic) bond motifs is 13. The number of para-hydroxylation sites is 7. The van der Waals surface area contributed by atoms with Gasteiger partial charge >= 0.3 is 0 Å². The maximum atomic E-state index is 5.37. The molecule has 354 valence electrons. The van der Waals surface area contributed by atoms with Crippen LogP contribution < -0.4 is 0 Å². The van der Waals surface area contributed by atoms with Gasteiger partial charge < -0.3 is 18.3 Å². The van der Waals surface area contributed by atoms with Crippen LogP contribution in [0, 0.1) is 0 Å². The summed E-state index contributed by atoms with van der Waals surface area (Å²) in [5.41, 5.74) is 16.2. The predicted octanol–water partition coefficient (Wildman–Crippen LogP) is 17.3. The molecule has 0 atom stereocenters. The lowest BCUT2D eigenvalue weighted by Crippen LogP contribution is -2.01. The van der Waals surface area contributed by atoms with Crippen molar-refractivity contribution in [2.24, 2.45) is 0 Å². The molecule has 0 amide bonds. The molecule has 0 fully saturated rings. The Balaban J connectivity index is 0.890. The SMILES string of the molecule is c1ccc(-n2c3ccccc3c3ccc(-c4nc(-c5ccc(-n6c7ccccc7c7c8c9ccccc9n(-c9ccccc9)c8ccc76)cc5)nc(-c5ccc6c7ccccc7n(-c7ccccc7)c6c5)n4)cc32)cc1. The summed E-state index contributed by atoms with van der Waals surface area (Å²) in [6.07, 6.45) is 0. The fraction of sp³-hybridized carbons (Fsp3) is 0. The molecule has 11 aromatic carbocycles. The molecule has 7 nitrogen and oxygen atoms in total. The third-order valence-electron chi connectivity index (χ3n) is 15.4. The fourth-order valence-electron chi connectivity index (χ4n) is 12.1. The lowest BCUT2D eigenvalue weighted by molar-refractivity contribution is 1.07. The van der Waals surface area contributed by atoms with Crippen LogP contribution in [0.3, 0.4) is 0 Å². The number of hydrogen-bond donors (Lipinski definition) is 0. The summed E-state index contributed by atoms with van der Waals surface area (Å²) in [5.74, 6) is 1.79. The van der Waals surface area contributed by atoms with E-state index < -0.39 is 0 Å². The molecule has 16 rings (SSSR count). The molecular formula is C69H43N7. The van der Waals surface area contributed by atoms with Crippen LogP contribution in [0.2, 0.25) is 0 Å². The fourth-order valence-corrected chi connectivity index (χ4v) is 12.1. The first-order valence-corrected chi connectivity index (χ1v) is 25.8. The third-order valence-corrected chi connectivity index (χ3v) is 15.4. The van der Waals surface area contributed by atoms with Gasteiger partial charge in [0.15, 0.2) is 17.5 Å². The van der Waals surface area contributed by atoms with Crippen LogP contribution >= 0.6 is 0 Å². The molecule has 0 bridgehead atoms. The van der Waals surface area contributed by atoms with E-state index in [9.17, 15) is 0 Å². The molecule has 16 aromatic rings. The Kier molecular flexibility index (Phi) is 9.20. The Morgan fingerprint density at radius 3 is 0.895 bits per heavy atom. The van der Waals surface area contributed by atoms with Crippen molar-refractivity contribution in [3.8, 4) is 56.9 Å². The second-order valence-corrected chi connectivity index (χ2v) is 19.6. The van der Waals surface area contributed by atoms with Crippen molar-refractivity contribution in [3.63, 3.8) is 0 Å². The second kappa shape index (κ2) is 16.6. The molecule has 0 radical (unpaired) electrons. The first-order valence-electron chi connectivity index (χ1n) is 25.8. The minimum Gasteiger partial charge on any atom is -0.309 e. The van der Waals surface area contributed by atoms with Gasteiger partial charge in [0.25, 0.3) is 0 Å². The highest BCUT2D eigenvalue weighted by molar-refractivity contribution is 6.29. The molecule has 5 aromatic heterocycles. The van der Waals surface area contributed by atoms with Gasteiger partial charge in [-0.3, -0.25) is 0 Å². The minimum atomic E-state index is 0.594. The molecule has 0 aliphatic heterocycles. The van der Waals surface area contributed by atoms with Crippen molar-refractivity contribution in [2.45, 2.75) is 0 Å². The Labute approximate surface area is 436 Å². The maximum Gasteiger partial charge on any atom is 0.164 e. The van der Waals surface area contributed by atoms with E-state index in [0.717, 1.165) is 72.5 Å². The average Bonchev–Trinajstić information content (AvgIpc) is 4.27. The number of nitrogens with zero attached hydrogens (tertiary/aromatic N) is 7. The second-order valence-electron chi connectivity index (χ2n) is 19.6. The molecule has 0 aliphatic carbocycles. The topological polar surface area (TPSA) is 58.4 Å². The van der Waals surface area contributed by atoms with Crippen molar-refractivity contribution in [1.82, 2.24) is 33.2 Å². The number of hydrogen-bond acceptors (Lipinski definition) is 3. The van der Waals surface area contributed by atoms with Gasteiger partial charge in [-0.05, 0) is 109 Å². The molecular weight excluding hydrogens is 927 g/mol. The number of benzene rings is 11. The van der Waals surface area contributed by atoms with E-state index in [4.69, 9.17) is 15.0 Å². The van der Waals surface area contributed by atoms with Gasteiger partial charge in [-0.2, -0.15) is 0 Å². The molecule has 0 N–H and O–H groups in total. The summed E-state index contributed by atoms with van der Waals surface area (Å²) in [5, 5.41) is 9.65. The zero-order valence-electron chi connectivity index (χ0n) is 41.0. The van der Waals surface area contributed by atoms with E-state index in [1.807, 2.05) is 0 Å². The highest BCUT2D eigenvalue weighted by Gasteiger charge is 2.22. The molecule has 0 unspecified atom stereocenters. The van der Waals surface area contributed by atoms with Crippen LogP contribution in [-0.2, 0) is 0 Å². The first kappa shape index (κ1) is 42.2. The quantitative estimate of drug-likeness (QED) is 0.160. The normalized spacial score (nSPS) is 11.9. The Hall–Kier alpha value is -10.4. The smallest absolute Gasteiger partial charge is 0.164 e. The van der Waals surface area contributed by atoms with Gasteiger partial charge in [-0.15, -0.1) is 0 Å². The van der Waals surface area contributed by atoms with Gasteiger partial charge in [-0.25, -0.2) is 15.0 Å². The first-order chi connectivity index (χ1) is 37.7. The Morgan fingerprint density at radius 1 is 0.197 bits per heavy atom. The molecule has 0 saturated carbocycles. The summed E-state index contributed by atoms with van der Waals surface area (Å²) >= 11 is 0. The molecule has 0 aliphatic rings. The summed E-state index contributed by atoms with van der Waals surface area (Å²) in [6, 6.07) is 93.1. The van der Waals surface area contributed by atoms with Crippen molar-refractivity contribution < 1.29 is 0 Å². The van der Waals surface area contributed by atoms with Crippen molar-refractivity contribution in [1.29, 1.82) is 0 Å². The predicted molar refractivity (Wildman–Crippen MR) is 313 cm³/mol. The van der Waals surface area contributed by atoms with Crippen molar-refractivity contribution in [2.75, 3.05) is 0 Å². The molecule has 0 saturated heterocycles. The van der Waals surface area contributed by atoms with Crippen LogP contribution in [0.4, 0.5) is 0 Å². The zero-order valence-corrected chi connectivity index (χ0v) is 41.0. The van der Waals surface area contributed by atoms with Gasteiger partial charge in [0.05, 0.1) is 44.1 Å². The van der Waals surface area contributed by atoms with Crippen LogP contribution in [0.25, 0.3) is 144 Å². The zero-order chi connectivity index (χ0) is 49.8. The van der Waals surface area contributed by atoms with Crippen LogP contribution in [0.5, 0.6) is 0 Å². The van der Waals surface area contributed by atoms with Crippen LogP contribution in [-0.4, -0.2) is 33.2 Å². The van der Waals surface area contributed by atoms with Gasteiger partial charge in [0.1, 0.15) is 0 Å². The Morgan fingerprint density at radius 2 is 0.487 bits per heavy atom. The summed E-state index contributed by atoms with van der Waals surface area (Å²) in [7, 11) is 0. The number of aromatic nitrogens is 7. The molecule has 7 heteroatoms. The summed E-state index contributed by atoms with van der Waals surface area (Å²) < 4.78 is 9.47. The summed E-state index contributed by atoms with van der Waals surface area (Å²) in [4.78, 5) is 16.1. The average molecular weight is 970 g/mol. The van der Waals surface area contributed by atoms with Gasteiger partial charge in [0, 0.05) is 82.5 Å². The third kappa shape index (κ3) is 6.33. The number of rotatable bonds is 7. The highest BCUT2D eigenvalue weighted by Crippen LogP contribution is 2.43. The van der Waals surface area contributed by atoms with E-state index in [2.05, 4.69) is 279 Å². The van der Waals surface area contributed by atoms with E-state index >= 15 is 0 Å². The lowest BCUT2D eigenvalue weighted by atomic mass is 10.1. The maximum absolute atomic E-state index is 5.37.